The van der Waals surface area contributed by atoms with Gasteiger partial charge in [-0.3, -0.25) is 4.79 Å². The Balaban J connectivity index is 1.52. The van der Waals surface area contributed by atoms with Gasteiger partial charge in [0.25, 0.3) is 5.91 Å². The van der Waals surface area contributed by atoms with E-state index in [2.05, 4.69) is 9.97 Å². The lowest BCUT2D eigenvalue weighted by molar-refractivity contribution is 0.0763. The van der Waals surface area contributed by atoms with Crippen LogP contribution >= 0.6 is 0 Å². The van der Waals surface area contributed by atoms with Crippen LogP contribution in [0.3, 0.4) is 0 Å². The molecule has 2 aromatic rings. The molecule has 0 radical (unpaired) electrons. The first-order chi connectivity index (χ1) is 10.7. The second-order valence-corrected chi connectivity index (χ2v) is 6.23. The van der Waals surface area contributed by atoms with Gasteiger partial charge in [0, 0.05) is 36.5 Å². The number of hydrogen-bond acceptors (Lipinski definition) is 4. The molecule has 1 aromatic carbocycles. The number of carbonyl (C=O) groups excluding carboxylic acids is 1. The third kappa shape index (κ3) is 2.18. The molecule has 1 N–H and O–H groups in total. The van der Waals surface area contributed by atoms with Crippen molar-refractivity contribution in [2.24, 2.45) is 5.41 Å². The number of benzene rings is 1. The topological polar surface area (TPSA) is 66.3 Å². The molecule has 1 saturated carbocycles. The lowest BCUT2D eigenvalue weighted by atomic mass is 10.0. The van der Waals surface area contributed by atoms with Crippen LogP contribution < -0.4 is 0 Å². The molecule has 22 heavy (non-hydrogen) atoms. The van der Waals surface area contributed by atoms with E-state index in [-0.39, 0.29) is 17.4 Å². The average molecular weight is 295 g/mol. The summed E-state index contributed by atoms with van der Waals surface area (Å²) in [5, 5.41) is 10.1. The number of aromatic nitrogens is 2. The van der Waals surface area contributed by atoms with Crippen LogP contribution in [-0.2, 0) is 0 Å². The van der Waals surface area contributed by atoms with E-state index in [1.165, 1.54) is 0 Å². The first kappa shape index (κ1) is 13.4. The van der Waals surface area contributed by atoms with Crippen LogP contribution in [0.25, 0.3) is 11.4 Å². The summed E-state index contributed by atoms with van der Waals surface area (Å²) in [6.07, 6.45) is 4.79. The van der Waals surface area contributed by atoms with E-state index >= 15 is 0 Å². The van der Waals surface area contributed by atoms with Crippen molar-refractivity contribution >= 4 is 5.91 Å². The highest BCUT2D eigenvalue weighted by atomic mass is 16.3. The Morgan fingerprint density at radius 3 is 2.45 bits per heavy atom. The quantitative estimate of drug-likeness (QED) is 0.916. The van der Waals surface area contributed by atoms with Gasteiger partial charge in [0.05, 0.1) is 11.7 Å². The fourth-order valence-corrected chi connectivity index (χ4v) is 3.12. The summed E-state index contributed by atoms with van der Waals surface area (Å²) in [6, 6.07) is 9.67. The van der Waals surface area contributed by atoms with Crippen LogP contribution in [0.5, 0.6) is 0 Å². The Morgan fingerprint density at radius 1 is 1.18 bits per heavy atom. The molecule has 2 aliphatic rings. The van der Waals surface area contributed by atoms with Crippen molar-refractivity contribution in [3.63, 3.8) is 0 Å². The minimum absolute atomic E-state index is 0.0273. The monoisotopic (exact) mass is 295 g/mol. The lowest BCUT2D eigenvalue weighted by Gasteiger charge is -2.15. The molecule has 1 atom stereocenters. The molecule has 5 heteroatoms. The second kappa shape index (κ2) is 4.88. The van der Waals surface area contributed by atoms with Crippen LogP contribution in [-0.4, -0.2) is 45.1 Å². The minimum atomic E-state index is -0.388. The van der Waals surface area contributed by atoms with E-state index in [1.54, 1.807) is 17.3 Å². The SMILES string of the molecule is O=C(c1cnc(-c2ccccc2)nc1)N1CC(O)C2(CC2)C1. The number of hydrogen-bond donors (Lipinski definition) is 1. The Hall–Kier alpha value is -2.27. The normalized spacial score (nSPS) is 22.0. The number of likely N-dealkylation sites (tertiary alicyclic amines) is 1. The van der Waals surface area contributed by atoms with Gasteiger partial charge in [-0.2, -0.15) is 0 Å². The molecule has 1 spiro atoms. The maximum atomic E-state index is 12.5. The van der Waals surface area contributed by atoms with E-state index in [9.17, 15) is 9.90 Å². The van der Waals surface area contributed by atoms with Crippen molar-refractivity contribution in [2.45, 2.75) is 18.9 Å². The highest BCUT2D eigenvalue weighted by molar-refractivity contribution is 5.94. The standard InChI is InChI=1S/C17H17N3O2/c21-14-10-20(11-17(14)6-7-17)16(22)13-8-18-15(19-9-13)12-4-2-1-3-5-12/h1-5,8-9,14,21H,6-7,10-11H2. The Bertz CT molecular complexity index is 696. The molecular formula is C17H17N3O2. The predicted octanol–water partition coefficient (Wildman–Crippen LogP) is 1.74. The molecule has 2 heterocycles. The van der Waals surface area contributed by atoms with E-state index < -0.39 is 0 Å². The Morgan fingerprint density at radius 2 is 1.86 bits per heavy atom. The van der Waals surface area contributed by atoms with Gasteiger partial charge in [-0.1, -0.05) is 30.3 Å². The van der Waals surface area contributed by atoms with Crippen LogP contribution in [0.4, 0.5) is 0 Å². The summed E-state index contributed by atoms with van der Waals surface area (Å²) >= 11 is 0. The summed E-state index contributed by atoms with van der Waals surface area (Å²) in [5.74, 6) is 0.514. The van der Waals surface area contributed by atoms with E-state index in [4.69, 9.17) is 0 Å². The van der Waals surface area contributed by atoms with E-state index in [1.807, 2.05) is 30.3 Å². The number of rotatable bonds is 2. The summed E-state index contributed by atoms with van der Waals surface area (Å²) in [6.45, 7) is 1.06. The number of nitrogens with zero attached hydrogens (tertiary/aromatic N) is 3. The molecule has 1 aromatic heterocycles. The van der Waals surface area contributed by atoms with Gasteiger partial charge >= 0.3 is 0 Å². The molecule has 0 bridgehead atoms. The minimum Gasteiger partial charge on any atom is -0.391 e. The smallest absolute Gasteiger partial charge is 0.257 e. The predicted molar refractivity (Wildman–Crippen MR) is 81.0 cm³/mol. The average Bonchev–Trinajstić information content (AvgIpc) is 3.28. The number of β-amino-alcohol motifs (C(OH)–C–C–N with tert-alkyl or cyclic N) is 1. The van der Waals surface area contributed by atoms with Crippen molar-refractivity contribution < 1.29 is 9.90 Å². The fraction of sp³-hybridized carbons (Fsp3) is 0.353. The second-order valence-electron chi connectivity index (χ2n) is 6.23. The molecule has 5 nitrogen and oxygen atoms in total. The van der Waals surface area contributed by atoms with Gasteiger partial charge in [0.2, 0.25) is 0 Å². The molecule has 1 aliphatic heterocycles. The highest BCUT2D eigenvalue weighted by Crippen LogP contribution is 2.52. The number of carbonyl (C=O) groups is 1. The first-order valence-electron chi connectivity index (χ1n) is 7.53. The maximum absolute atomic E-state index is 12.5. The van der Waals surface area contributed by atoms with Gasteiger partial charge in [-0.05, 0) is 12.8 Å². The largest absolute Gasteiger partial charge is 0.391 e. The number of aliphatic hydroxyl groups excluding tert-OH is 1. The maximum Gasteiger partial charge on any atom is 0.257 e. The molecule has 1 saturated heterocycles. The first-order valence-corrected chi connectivity index (χ1v) is 7.53. The summed E-state index contributed by atoms with van der Waals surface area (Å²) in [7, 11) is 0. The number of amides is 1. The Labute approximate surface area is 128 Å². The zero-order valence-corrected chi connectivity index (χ0v) is 12.1. The Kier molecular flexibility index (Phi) is 2.97. The fourth-order valence-electron chi connectivity index (χ4n) is 3.12. The van der Waals surface area contributed by atoms with Gasteiger partial charge in [0.15, 0.2) is 5.82 Å². The van der Waals surface area contributed by atoms with E-state index in [0.29, 0.717) is 24.5 Å². The molecule has 1 amide bonds. The van der Waals surface area contributed by atoms with Gasteiger partial charge in [-0.15, -0.1) is 0 Å². The summed E-state index contributed by atoms with van der Waals surface area (Å²) in [5.41, 5.74) is 1.38. The third-order valence-corrected chi connectivity index (χ3v) is 4.72. The van der Waals surface area contributed by atoms with Crippen molar-refractivity contribution in [3.05, 3.63) is 48.3 Å². The van der Waals surface area contributed by atoms with Crippen LogP contribution in [0.15, 0.2) is 42.7 Å². The van der Waals surface area contributed by atoms with Crippen molar-refractivity contribution in [1.82, 2.24) is 14.9 Å². The van der Waals surface area contributed by atoms with Crippen LogP contribution in [0.1, 0.15) is 23.2 Å². The third-order valence-electron chi connectivity index (χ3n) is 4.72. The van der Waals surface area contributed by atoms with Crippen molar-refractivity contribution in [1.29, 1.82) is 0 Å². The van der Waals surface area contributed by atoms with Gasteiger partial charge in [-0.25, -0.2) is 9.97 Å². The molecule has 4 rings (SSSR count). The summed E-state index contributed by atoms with van der Waals surface area (Å²) in [4.78, 5) is 22.8. The summed E-state index contributed by atoms with van der Waals surface area (Å²) < 4.78 is 0. The zero-order chi connectivity index (χ0) is 15.2. The van der Waals surface area contributed by atoms with Crippen molar-refractivity contribution in [2.75, 3.05) is 13.1 Å². The van der Waals surface area contributed by atoms with Gasteiger partial charge < -0.3 is 10.0 Å². The number of aliphatic hydroxyl groups is 1. The molecular weight excluding hydrogens is 278 g/mol. The molecule has 112 valence electrons. The van der Waals surface area contributed by atoms with Gasteiger partial charge in [0.1, 0.15) is 0 Å². The lowest BCUT2D eigenvalue weighted by Crippen LogP contribution is -2.29. The molecule has 1 unspecified atom stereocenters. The van der Waals surface area contributed by atoms with Crippen LogP contribution in [0.2, 0.25) is 0 Å². The van der Waals surface area contributed by atoms with Crippen molar-refractivity contribution in [3.8, 4) is 11.4 Å². The van der Waals surface area contributed by atoms with Crippen LogP contribution in [0, 0.1) is 5.41 Å². The molecule has 1 aliphatic carbocycles. The van der Waals surface area contributed by atoms with E-state index in [0.717, 1.165) is 18.4 Å². The zero-order valence-electron chi connectivity index (χ0n) is 12.1. The molecule has 2 fully saturated rings. The highest BCUT2D eigenvalue weighted by Gasteiger charge is 2.55.